The highest BCUT2D eigenvalue weighted by molar-refractivity contribution is 5.71. The van der Waals surface area contributed by atoms with Crippen LogP contribution in [0.4, 0.5) is 0 Å². The number of hydrogen-bond donors (Lipinski definition) is 0. The van der Waals surface area contributed by atoms with Crippen LogP contribution < -0.4 is 0 Å². The van der Waals surface area contributed by atoms with Crippen LogP contribution in [0.5, 0.6) is 0 Å². The third-order valence-electron chi connectivity index (χ3n) is 9.66. The number of unbranched alkanes of at least 4 members (excludes halogenated alkanes) is 23. The Bertz CT molecular complexity index is 907. The topological polar surface area (TPSA) is 78.9 Å². The highest BCUT2D eigenvalue weighted by Crippen LogP contribution is 2.15. The molecule has 0 aromatic carbocycles. The van der Waals surface area contributed by atoms with Crippen molar-refractivity contribution in [2.24, 2.45) is 0 Å². The molecule has 0 heterocycles. The molecule has 0 saturated carbocycles. The Morgan fingerprint density at radius 3 is 1.15 bits per heavy atom. The minimum atomic E-state index is -0.776. The molecule has 53 heavy (non-hydrogen) atoms. The highest BCUT2D eigenvalue weighted by Gasteiger charge is 2.19. The van der Waals surface area contributed by atoms with E-state index in [0.29, 0.717) is 19.3 Å². The second-order valence-electron chi connectivity index (χ2n) is 14.9. The maximum absolute atomic E-state index is 12.7. The molecule has 0 aliphatic carbocycles. The maximum Gasteiger partial charge on any atom is 0.306 e. The number of hydrogen-bond acceptors (Lipinski definition) is 6. The zero-order valence-electron chi connectivity index (χ0n) is 35.0. The third kappa shape index (κ3) is 40.6. The Labute approximate surface area is 327 Å². The number of ether oxygens (including phenoxy) is 3. The molecule has 1 atom stereocenters. The SMILES string of the molecule is CC/C=C\C/C=C\C/C=C\CCCCCC(=O)OCC(COC(=O)CCCCCCCCCCC)OC(=O)CCCCCCCCCCCCCCC. The standard InChI is InChI=1S/C47H84O6/c1-4-7-10-13-16-19-21-23-25-28-31-34-37-40-46(49)52-43-44(42-51-45(48)39-36-33-30-27-18-15-12-9-6-3)53-47(50)41-38-35-32-29-26-24-22-20-17-14-11-8-5-2/h7,10,16,19,23,25,44H,4-6,8-9,11-15,17-18,20-22,24,26-43H2,1-3H3/b10-7-,19-16-,25-23-. The lowest BCUT2D eigenvalue weighted by Gasteiger charge is -2.18. The van der Waals surface area contributed by atoms with Gasteiger partial charge in [-0.3, -0.25) is 14.4 Å². The van der Waals surface area contributed by atoms with Gasteiger partial charge in [-0.25, -0.2) is 0 Å². The van der Waals surface area contributed by atoms with Gasteiger partial charge >= 0.3 is 17.9 Å². The molecular formula is C47H84O6. The van der Waals surface area contributed by atoms with Gasteiger partial charge in [-0.05, 0) is 51.4 Å². The van der Waals surface area contributed by atoms with E-state index in [1.54, 1.807) is 0 Å². The Morgan fingerprint density at radius 2 is 0.736 bits per heavy atom. The summed E-state index contributed by atoms with van der Waals surface area (Å²) in [7, 11) is 0. The Hall–Kier alpha value is -2.37. The zero-order chi connectivity index (χ0) is 38.7. The lowest BCUT2D eigenvalue weighted by atomic mass is 10.0. The Kier molecular flexibility index (Phi) is 40.5. The lowest BCUT2D eigenvalue weighted by Crippen LogP contribution is -2.30. The van der Waals surface area contributed by atoms with Crippen LogP contribution in [-0.4, -0.2) is 37.2 Å². The molecule has 0 saturated heterocycles. The molecule has 1 unspecified atom stereocenters. The molecule has 6 nitrogen and oxygen atoms in total. The quantitative estimate of drug-likeness (QED) is 0.0269. The van der Waals surface area contributed by atoms with Gasteiger partial charge in [0, 0.05) is 19.3 Å². The number of carbonyl (C=O) groups excluding carboxylic acids is 3. The lowest BCUT2D eigenvalue weighted by molar-refractivity contribution is -0.167. The van der Waals surface area contributed by atoms with Gasteiger partial charge in [0.1, 0.15) is 13.2 Å². The Morgan fingerprint density at radius 1 is 0.396 bits per heavy atom. The summed E-state index contributed by atoms with van der Waals surface area (Å²) < 4.78 is 16.7. The summed E-state index contributed by atoms with van der Waals surface area (Å²) in [6.07, 6.45) is 47.0. The van der Waals surface area contributed by atoms with Gasteiger partial charge in [0.25, 0.3) is 0 Å². The molecule has 0 aliphatic heterocycles. The molecule has 0 bridgehead atoms. The number of allylic oxidation sites excluding steroid dienone is 6. The number of esters is 3. The largest absolute Gasteiger partial charge is 0.462 e. The second-order valence-corrected chi connectivity index (χ2v) is 14.9. The summed E-state index contributed by atoms with van der Waals surface area (Å²) in [5, 5.41) is 0. The molecule has 0 aromatic heterocycles. The summed E-state index contributed by atoms with van der Waals surface area (Å²) in [5.74, 6) is -0.909. The van der Waals surface area contributed by atoms with E-state index in [1.807, 2.05) is 0 Å². The predicted octanol–water partition coefficient (Wildman–Crippen LogP) is 14.2. The summed E-state index contributed by atoms with van der Waals surface area (Å²) in [4.78, 5) is 37.6. The summed E-state index contributed by atoms with van der Waals surface area (Å²) in [6, 6.07) is 0. The van der Waals surface area contributed by atoms with Crippen LogP contribution in [0, 0.1) is 0 Å². The average molecular weight is 745 g/mol. The van der Waals surface area contributed by atoms with Crippen LogP contribution in [0.25, 0.3) is 0 Å². The molecule has 308 valence electrons. The van der Waals surface area contributed by atoms with Crippen molar-refractivity contribution in [3.05, 3.63) is 36.5 Å². The second kappa shape index (κ2) is 42.4. The van der Waals surface area contributed by atoms with Gasteiger partial charge in [-0.15, -0.1) is 0 Å². The molecule has 0 amide bonds. The van der Waals surface area contributed by atoms with Crippen molar-refractivity contribution in [3.8, 4) is 0 Å². The molecule has 0 aromatic rings. The maximum atomic E-state index is 12.7. The van der Waals surface area contributed by atoms with Crippen LogP contribution in [0.15, 0.2) is 36.5 Å². The van der Waals surface area contributed by atoms with E-state index in [9.17, 15) is 14.4 Å². The molecule has 6 heteroatoms. The molecular weight excluding hydrogens is 661 g/mol. The highest BCUT2D eigenvalue weighted by atomic mass is 16.6. The smallest absolute Gasteiger partial charge is 0.306 e. The van der Waals surface area contributed by atoms with Crippen LogP contribution >= 0.6 is 0 Å². The van der Waals surface area contributed by atoms with Gasteiger partial charge in [-0.1, -0.05) is 192 Å². The fourth-order valence-corrected chi connectivity index (χ4v) is 6.28. The summed E-state index contributed by atoms with van der Waals surface area (Å²) in [6.45, 7) is 6.47. The van der Waals surface area contributed by atoms with Crippen molar-refractivity contribution >= 4 is 17.9 Å². The van der Waals surface area contributed by atoms with E-state index in [0.717, 1.165) is 83.5 Å². The third-order valence-corrected chi connectivity index (χ3v) is 9.66. The van der Waals surface area contributed by atoms with E-state index in [1.165, 1.54) is 103 Å². The van der Waals surface area contributed by atoms with Crippen LogP contribution in [0.3, 0.4) is 0 Å². The minimum Gasteiger partial charge on any atom is -0.462 e. The van der Waals surface area contributed by atoms with Crippen molar-refractivity contribution in [2.75, 3.05) is 13.2 Å². The van der Waals surface area contributed by atoms with Crippen molar-refractivity contribution in [3.63, 3.8) is 0 Å². The first-order valence-electron chi connectivity index (χ1n) is 22.5. The first-order valence-corrected chi connectivity index (χ1v) is 22.5. The van der Waals surface area contributed by atoms with Crippen molar-refractivity contribution in [1.29, 1.82) is 0 Å². The minimum absolute atomic E-state index is 0.0785. The van der Waals surface area contributed by atoms with E-state index in [4.69, 9.17) is 14.2 Å². The van der Waals surface area contributed by atoms with Crippen LogP contribution in [0.2, 0.25) is 0 Å². The molecule has 0 spiro atoms. The molecule has 0 fully saturated rings. The number of rotatable bonds is 40. The van der Waals surface area contributed by atoms with E-state index >= 15 is 0 Å². The van der Waals surface area contributed by atoms with Gasteiger partial charge in [0.05, 0.1) is 0 Å². The van der Waals surface area contributed by atoms with Gasteiger partial charge in [0.15, 0.2) is 6.10 Å². The normalized spacial score (nSPS) is 12.3. The predicted molar refractivity (Wildman–Crippen MR) is 224 cm³/mol. The van der Waals surface area contributed by atoms with Crippen molar-refractivity contribution < 1.29 is 28.6 Å². The van der Waals surface area contributed by atoms with Crippen LogP contribution in [0.1, 0.15) is 226 Å². The molecule has 0 aliphatic rings. The summed E-state index contributed by atoms with van der Waals surface area (Å²) in [5.41, 5.74) is 0. The van der Waals surface area contributed by atoms with Crippen molar-refractivity contribution in [2.45, 2.75) is 232 Å². The first-order chi connectivity index (χ1) is 26.0. The van der Waals surface area contributed by atoms with Crippen LogP contribution in [-0.2, 0) is 28.6 Å². The monoisotopic (exact) mass is 745 g/mol. The molecule has 0 N–H and O–H groups in total. The zero-order valence-corrected chi connectivity index (χ0v) is 35.0. The summed E-state index contributed by atoms with van der Waals surface area (Å²) >= 11 is 0. The first kappa shape index (κ1) is 50.6. The van der Waals surface area contributed by atoms with Gasteiger partial charge in [-0.2, -0.15) is 0 Å². The van der Waals surface area contributed by atoms with E-state index < -0.39 is 6.10 Å². The Balaban J connectivity index is 4.39. The average Bonchev–Trinajstić information content (AvgIpc) is 3.15. The fraction of sp³-hybridized carbons (Fsp3) is 0.809. The van der Waals surface area contributed by atoms with Gasteiger partial charge in [0.2, 0.25) is 0 Å². The number of carbonyl (C=O) groups is 3. The molecule has 0 radical (unpaired) electrons. The van der Waals surface area contributed by atoms with Gasteiger partial charge < -0.3 is 14.2 Å². The fourth-order valence-electron chi connectivity index (χ4n) is 6.28. The van der Waals surface area contributed by atoms with E-state index in [-0.39, 0.29) is 31.1 Å². The van der Waals surface area contributed by atoms with Crippen molar-refractivity contribution in [1.82, 2.24) is 0 Å². The molecule has 0 rings (SSSR count). The van der Waals surface area contributed by atoms with E-state index in [2.05, 4.69) is 57.2 Å².